The molecule has 0 amide bonds. The number of ether oxygens (including phenoxy) is 1. The van der Waals surface area contributed by atoms with Gasteiger partial charge in [-0.2, -0.15) is 4.76 Å². The second-order valence-corrected chi connectivity index (χ2v) is 6.93. The molecule has 8 heteroatoms. The number of unbranched alkanes of at least 4 members (excludes halogenated alkanes) is 1. The van der Waals surface area contributed by atoms with Crippen LogP contribution in [0.15, 0.2) is 16.6 Å². The Hall–Kier alpha value is -0.910. The minimum absolute atomic E-state index is 0.296. The molecule has 0 fully saturated rings. The molecule has 0 bridgehead atoms. The lowest BCUT2D eigenvalue weighted by molar-refractivity contribution is -0.135. The first-order valence-electron chi connectivity index (χ1n) is 6.41. The topological polar surface area (TPSA) is 83.1 Å². The predicted octanol–water partition coefficient (Wildman–Crippen LogP) is 2.89. The van der Waals surface area contributed by atoms with E-state index in [1.54, 1.807) is 6.92 Å². The number of carbonyl (C=O) groups is 1. The molecule has 0 aliphatic rings. The van der Waals surface area contributed by atoms with Crippen molar-refractivity contribution >= 4 is 30.3 Å². The largest absolute Gasteiger partial charge is 0.466 e. The van der Waals surface area contributed by atoms with Gasteiger partial charge in [0.15, 0.2) is 0 Å². The molecular formula is C12H23N2O4PS. The van der Waals surface area contributed by atoms with Gasteiger partial charge in [0.25, 0.3) is 0 Å². The average Bonchev–Trinajstić information content (AvgIpc) is 2.38. The maximum absolute atomic E-state index is 11.1. The van der Waals surface area contributed by atoms with Crippen LogP contribution in [-0.4, -0.2) is 25.5 Å². The van der Waals surface area contributed by atoms with Crippen LogP contribution in [-0.2, 0) is 30.4 Å². The summed E-state index contributed by atoms with van der Waals surface area (Å²) in [6, 6.07) is 0. The van der Waals surface area contributed by atoms with Crippen LogP contribution >= 0.6 is 6.64 Å². The highest BCUT2D eigenvalue weighted by molar-refractivity contribution is 8.09. The maximum atomic E-state index is 11.1. The molecule has 116 valence electrons. The van der Waals surface area contributed by atoms with Crippen molar-refractivity contribution in [1.82, 2.24) is 0 Å². The van der Waals surface area contributed by atoms with Crippen molar-refractivity contribution in [2.24, 2.45) is 10.5 Å². The Bertz CT molecular complexity index is 424. The molecule has 0 spiro atoms. The molecule has 2 N–H and O–H groups in total. The number of methoxy groups -OCH3 is 1. The molecule has 0 aromatic carbocycles. The number of carbonyl (C=O) groups excluding carboxylic acids is 1. The van der Waals surface area contributed by atoms with Gasteiger partial charge in [-0.3, -0.25) is 0 Å². The Morgan fingerprint density at radius 2 is 2.10 bits per heavy atom. The number of allylic oxidation sites excluding steroid dienone is 1. The quantitative estimate of drug-likeness (QED) is 0.134. The van der Waals surface area contributed by atoms with Gasteiger partial charge in [-0.1, -0.05) is 20.3 Å². The Morgan fingerprint density at radius 3 is 2.60 bits per heavy atom. The first-order chi connectivity index (χ1) is 9.36. The molecule has 0 aromatic rings. The van der Waals surface area contributed by atoms with Crippen molar-refractivity contribution in [3.63, 3.8) is 0 Å². The van der Waals surface area contributed by atoms with E-state index in [1.807, 2.05) is 13.8 Å². The zero-order valence-corrected chi connectivity index (χ0v) is 14.1. The van der Waals surface area contributed by atoms with E-state index in [4.69, 9.17) is 26.6 Å². The molecule has 0 heterocycles. The second-order valence-electron chi connectivity index (χ2n) is 3.97. The second kappa shape index (κ2) is 9.91. The number of nitrogens with zero attached hydrogens (tertiary/aromatic N) is 1. The molecule has 0 aliphatic heterocycles. The number of rotatable bonds is 9. The van der Waals surface area contributed by atoms with Gasteiger partial charge in [0.2, 0.25) is 0 Å². The minimum atomic E-state index is -2.92. The fourth-order valence-corrected chi connectivity index (χ4v) is 3.34. The van der Waals surface area contributed by atoms with Gasteiger partial charge in [-0.25, -0.2) is 4.79 Å². The van der Waals surface area contributed by atoms with E-state index in [-0.39, 0.29) is 0 Å². The number of hydrogen-bond acceptors (Lipinski definition) is 5. The Morgan fingerprint density at radius 1 is 1.45 bits per heavy atom. The smallest absolute Gasteiger partial charge is 0.362 e. The van der Waals surface area contributed by atoms with Crippen LogP contribution in [0.5, 0.6) is 0 Å². The summed E-state index contributed by atoms with van der Waals surface area (Å²) in [6.45, 7) is 3.02. The van der Waals surface area contributed by atoms with Crippen LogP contribution in [0.4, 0.5) is 0 Å². The van der Waals surface area contributed by atoms with Gasteiger partial charge in [0.05, 0.1) is 19.8 Å². The van der Waals surface area contributed by atoms with Crippen LogP contribution in [0.2, 0.25) is 0 Å². The third-order valence-electron chi connectivity index (χ3n) is 2.15. The van der Waals surface area contributed by atoms with Crippen molar-refractivity contribution in [3.05, 3.63) is 11.8 Å². The third kappa shape index (κ3) is 8.30. The number of amidine groups is 1. The minimum Gasteiger partial charge on any atom is -0.466 e. The van der Waals surface area contributed by atoms with E-state index in [0.29, 0.717) is 24.6 Å². The SMILES string of the molecule is CCCCOP(=S)(N=C(N)CC)OC(C)=CC(=O)OC. The Labute approximate surface area is 125 Å². The van der Waals surface area contributed by atoms with E-state index in [1.165, 1.54) is 13.2 Å². The fraction of sp³-hybridized carbons (Fsp3) is 0.667. The first-order valence-corrected chi connectivity index (χ1v) is 9.01. The first kappa shape index (κ1) is 19.1. The van der Waals surface area contributed by atoms with Gasteiger partial charge in [-0.15, -0.1) is 0 Å². The summed E-state index contributed by atoms with van der Waals surface area (Å²) in [5.74, 6) is 0.144. The van der Waals surface area contributed by atoms with Gasteiger partial charge >= 0.3 is 12.6 Å². The molecule has 0 aromatic heterocycles. The lowest BCUT2D eigenvalue weighted by Gasteiger charge is -2.19. The van der Waals surface area contributed by atoms with Crippen molar-refractivity contribution in [2.75, 3.05) is 13.7 Å². The van der Waals surface area contributed by atoms with Crippen LogP contribution in [0.3, 0.4) is 0 Å². The molecule has 0 saturated carbocycles. The molecule has 20 heavy (non-hydrogen) atoms. The highest BCUT2D eigenvalue weighted by Crippen LogP contribution is 2.52. The summed E-state index contributed by atoms with van der Waals surface area (Å²) < 4.78 is 19.8. The molecule has 6 nitrogen and oxygen atoms in total. The lowest BCUT2D eigenvalue weighted by atomic mass is 10.4. The van der Waals surface area contributed by atoms with Crippen molar-refractivity contribution < 1.29 is 18.6 Å². The third-order valence-corrected chi connectivity index (χ3v) is 4.46. The highest BCUT2D eigenvalue weighted by atomic mass is 32.5. The van der Waals surface area contributed by atoms with Gasteiger partial charge in [0, 0.05) is 18.2 Å². The monoisotopic (exact) mass is 322 g/mol. The average molecular weight is 322 g/mol. The molecular weight excluding hydrogens is 299 g/mol. The van der Waals surface area contributed by atoms with E-state index in [0.717, 1.165) is 12.8 Å². The summed E-state index contributed by atoms with van der Waals surface area (Å²) in [5, 5.41) is 0. The summed E-state index contributed by atoms with van der Waals surface area (Å²) in [7, 11) is 1.28. The van der Waals surface area contributed by atoms with Crippen LogP contribution in [0, 0.1) is 0 Å². The van der Waals surface area contributed by atoms with E-state index >= 15 is 0 Å². The predicted molar refractivity (Wildman–Crippen MR) is 83.9 cm³/mol. The van der Waals surface area contributed by atoms with Crippen molar-refractivity contribution in [2.45, 2.75) is 40.0 Å². The van der Waals surface area contributed by atoms with Gasteiger partial charge < -0.3 is 19.5 Å². The standard InChI is InChI=1S/C12H23N2O4PS/c1-5-7-8-17-19(20,14-11(13)6-2)18-10(3)9-12(15)16-4/h9H,5-8H2,1-4H3,(H2,13,14,20). The zero-order valence-electron chi connectivity index (χ0n) is 12.4. The number of hydrogen-bond donors (Lipinski definition) is 1. The summed E-state index contributed by atoms with van der Waals surface area (Å²) in [5.41, 5.74) is 5.71. The fourth-order valence-electron chi connectivity index (χ4n) is 1.06. The summed E-state index contributed by atoms with van der Waals surface area (Å²) in [4.78, 5) is 11.1. The molecule has 1 unspecified atom stereocenters. The number of esters is 1. The van der Waals surface area contributed by atoms with E-state index < -0.39 is 12.6 Å². The zero-order chi connectivity index (χ0) is 15.6. The molecule has 0 aliphatic carbocycles. The summed E-state index contributed by atoms with van der Waals surface area (Å²) in [6.07, 6.45) is 3.57. The maximum Gasteiger partial charge on any atom is 0.362 e. The molecule has 0 radical (unpaired) electrons. The van der Waals surface area contributed by atoms with Gasteiger partial charge in [-0.05, 0) is 13.3 Å². The van der Waals surface area contributed by atoms with Crippen LogP contribution < -0.4 is 5.73 Å². The molecule has 1 atom stereocenters. The van der Waals surface area contributed by atoms with Crippen LogP contribution in [0.1, 0.15) is 40.0 Å². The molecule has 0 rings (SSSR count). The van der Waals surface area contributed by atoms with Crippen molar-refractivity contribution in [3.8, 4) is 0 Å². The summed E-state index contributed by atoms with van der Waals surface area (Å²) >= 11 is 5.33. The van der Waals surface area contributed by atoms with Gasteiger partial charge in [0.1, 0.15) is 11.6 Å². The lowest BCUT2D eigenvalue weighted by Crippen LogP contribution is -2.10. The number of nitrogens with two attached hydrogens (primary N) is 1. The highest BCUT2D eigenvalue weighted by Gasteiger charge is 2.20. The van der Waals surface area contributed by atoms with E-state index in [9.17, 15) is 4.79 Å². The van der Waals surface area contributed by atoms with Crippen LogP contribution in [0.25, 0.3) is 0 Å². The van der Waals surface area contributed by atoms with E-state index in [2.05, 4.69) is 9.50 Å². The Kier molecular flexibility index (Phi) is 9.46. The van der Waals surface area contributed by atoms with Crippen molar-refractivity contribution in [1.29, 1.82) is 0 Å². The Balaban J connectivity index is 4.98. The normalized spacial score (nSPS) is 15.6. The molecule has 0 saturated heterocycles.